The topological polar surface area (TPSA) is 322 Å². The van der Waals surface area contributed by atoms with Gasteiger partial charge >= 0.3 is 6.09 Å². The zero-order valence-electron chi connectivity index (χ0n) is 33.9. The molecule has 0 spiro atoms. The quantitative estimate of drug-likeness (QED) is 0.0745. The summed E-state index contributed by atoms with van der Waals surface area (Å²) in [6.45, 7) is 1.94. The molecule has 5 rings (SSSR count). The number of aliphatic hydroxyl groups excluding tert-OH is 5. The number of carbonyl (C=O) groups excluding carboxylic acids is 6. The monoisotopic (exact) mass is 864 g/mol. The van der Waals surface area contributed by atoms with Crippen LogP contribution in [0.4, 0.5) is 4.79 Å². The van der Waals surface area contributed by atoms with E-state index in [1.807, 2.05) is 0 Å². The largest absolute Gasteiger partial charge is 0.508 e. The number of amides is 6. The molecule has 2 fully saturated rings. The fourth-order valence-electron chi connectivity index (χ4n) is 7.47. The van der Waals surface area contributed by atoms with Gasteiger partial charge in [-0.1, -0.05) is 61.5 Å². The van der Waals surface area contributed by atoms with Gasteiger partial charge in [-0.3, -0.25) is 24.0 Å². The predicted molar refractivity (Wildman–Crippen MR) is 216 cm³/mol. The van der Waals surface area contributed by atoms with Gasteiger partial charge in [0.15, 0.2) is 0 Å². The summed E-state index contributed by atoms with van der Waals surface area (Å²) in [6.07, 6.45) is -10.0. The van der Waals surface area contributed by atoms with E-state index in [2.05, 4.69) is 16.0 Å². The predicted octanol–water partition coefficient (Wildman–Crippen LogP) is -1.96. The van der Waals surface area contributed by atoms with Gasteiger partial charge in [0.2, 0.25) is 29.5 Å². The van der Waals surface area contributed by atoms with Crippen molar-refractivity contribution in [3.05, 3.63) is 95.6 Å². The molecule has 0 bridgehead atoms. The molecule has 6 amide bonds. The molecule has 11 atom stereocenters. The van der Waals surface area contributed by atoms with E-state index in [4.69, 9.17) is 10.5 Å². The van der Waals surface area contributed by atoms with E-state index in [1.165, 1.54) is 48.5 Å². The second kappa shape index (κ2) is 20.5. The zero-order valence-corrected chi connectivity index (χ0v) is 33.9. The number of β-amino-alcohol motifs (C(OH)–C–C–N with tert-alkyl or cyclic N) is 1. The van der Waals surface area contributed by atoms with Crippen molar-refractivity contribution < 1.29 is 69.2 Å². The number of alkyl carbamates (subject to hydrolysis) is 1. The number of hydrogen-bond donors (Lipinski definition) is 11. The first kappa shape index (κ1) is 46.7. The van der Waals surface area contributed by atoms with Crippen molar-refractivity contribution in [2.45, 2.75) is 94.0 Å². The first-order valence-corrected chi connectivity index (χ1v) is 19.8. The molecule has 20 nitrogen and oxygen atoms in total. The van der Waals surface area contributed by atoms with Crippen molar-refractivity contribution in [2.24, 2.45) is 11.7 Å². The van der Waals surface area contributed by atoms with Gasteiger partial charge < -0.3 is 72.0 Å². The number of aliphatic hydroxyl groups is 5. The van der Waals surface area contributed by atoms with Gasteiger partial charge in [-0.15, -0.1) is 0 Å². The number of rotatable bonds is 16. The van der Waals surface area contributed by atoms with Gasteiger partial charge in [0.25, 0.3) is 0 Å². The van der Waals surface area contributed by atoms with Crippen molar-refractivity contribution >= 4 is 35.6 Å². The van der Waals surface area contributed by atoms with E-state index >= 15 is 0 Å². The first-order valence-electron chi connectivity index (χ1n) is 19.8. The van der Waals surface area contributed by atoms with E-state index in [0.29, 0.717) is 11.1 Å². The number of carbonyl (C=O) groups is 6. The summed E-state index contributed by atoms with van der Waals surface area (Å²) in [5, 5.41) is 81.5. The number of nitrogens with one attached hydrogen (secondary N) is 3. The van der Waals surface area contributed by atoms with Crippen LogP contribution in [-0.2, 0) is 41.7 Å². The number of aromatic hydroxyl groups is 2. The van der Waals surface area contributed by atoms with Gasteiger partial charge in [0.05, 0.1) is 18.3 Å². The van der Waals surface area contributed by atoms with Crippen molar-refractivity contribution in [1.29, 1.82) is 0 Å². The summed E-state index contributed by atoms with van der Waals surface area (Å²) in [6, 6.07) is 10.8. The number of benzene rings is 3. The molecular formula is C42H52N6O14. The third kappa shape index (κ3) is 11.3. The Labute approximate surface area is 355 Å². The van der Waals surface area contributed by atoms with Crippen LogP contribution in [0.3, 0.4) is 0 Å². The van der Waals surface area contributed by atoms with Crippen molar-refractivity contribution in [3.8, 4) is 11.5 Å². The summed E-state index contributed by atoms with van der Waals surface area (Å²) in [7, 11) is 0. The first-order chi connectivity index (χ1) is 29.4. The molecule has 334 valence electrons. The molecule has 20 heteroatoms. The van der Waals surface area contributed by atoms with Gasteiger partial charge in [-0.25, -0.2) is 4.79 Å². The molecule has 2 aliphatic rings. The number of likely N-dealkylation sites (tertiary alicyclic amines) is 2. The SMILES string of the molecule is CC(O)[C@H](NC(=O)[C@@H](NC(=O)[C@@H]1C[C@@H](O)CN1C(=O)[C@H](Cc1ccc(O)cc1)NC(=O)OCc1ccccc1)[C@H](O)[C@@H](O)c1ccc(O)cc1)C(=O)N1C[C@H](C)[C@H](O)[C@H]1C(N)=O. The van der Waals surface area contributed by atoms with E-state index < -0.39 is 109 Å². The molecule has 0 saturated carbocycles. The summed E-state index contributed by atoms with van der Waals surface area (Å²) in [5.74, 6) is -6.27. The number of phenols is 2. The van der Waals surface area contributed by atoms with Gasteiger partial charge in [-0.2, -0.15) is 0 Å². The molecule has 1 unspecified atom stereocenters. The molecule has 0 radical (unpaired) electrons. The fourth-order valence-corrected chi connectivity index (χ4v) is 7.47. The summed E-state index contributed by atoms with van der Waals surface area (Å²) >= 11 is 0. The van der Waals surface area contributed by atoms with Crippen LogP contribution >= 0.6 is 0 Å². The second-order valence-corrected chi connectivity index (χ2v) is 15.6. The maximum atomic E-state index is 14.3. The lowest BCUT2D eigenvalue weighted by Crippen LogP contribution is -2.63. The third-order valence-corrected chi connectivity index (χ3v) is 10.9. The third-order valence-electron chi connectivity index (χ3n) is 10.9. The maximum absolute atomic E-state index is 14.3. The molecule has 2 saturated heterocycles. The van der Waals surface area contributed by atoms with Crippen LogP contribution in [0.2, 0.25) is 0 Å². The lowest BCUT2D eigenvalue weighted by atomic mass is 9.96. The van der Waals surface area contributed by atoms with E-state index in [9.17, 15) is 64.5 Å². The Morgan fingerprint density at radius 2 is 1.39 bits per heavy atom. The van der Waals surface area contributed by atoms with Gasteiger partial charge in [0.1, 0.15) is 60.5 Å². The highest BCUT2D eigenvalue weighted by Gasteiger charge is 2.48. The van der Waals surface area contributed by atoms with Gasteiger partial charge in [0, 0.05) is 31.8 Å². The normalized spacial score (nSPS) is 22.7. The second-order valence-electron chi connectivity index (χ2n) is 15.6. The van der Waals surface area contributed by atoms with Crippen LogP contribution in [0.1, 0.15) is 43.1 Å². The van der Waals surface area contributed by atoms with Crippen molar-refractivity contribution in [3.63, 3.8) is 0 Å². The minimum absolute atomic E-state index is 0.0229. The molecule has 2 heterocycles. The van der Waals surface area contributed by atoms with Crippen LogP contribution in [0.15, 0.2) is 78.9 Å². The molecule has 62 heavy (non-hydrogen) atoms. The number of ether oxygens (including phenoxy) is 1. The van der Waals surface area contributed by atoms with Crippen LogP contribution < -0.4 is 21.7 Å². The summed E-state index contributed by atoms with van der Waals surface area (Å²) in [4.78, 5) is 83.6. The average Bonchev–Trinajstić information content (AvgIpc) is 3.79. The Morgan fingerprint density at radius 3 is 1.98 bits per heavy atom. The Hall–Kier alpha value is -6.32. The molecular weight excluding hydrogens is 812 g/mol. The van der Waals surface area contributed by atoms with Crippen molar-refractivity contribution in [1.82, 2.24) is 25.8 Å². The van der Waals surface area contributed by atoms with Crippen molar-refractivity contribution in [2.75, 3.05) is 13.1 Å². The highest BCUT2D eigenvalue weighted by Crippen LogP contribution is 2.27. The Bertz CT molecular complexity index is 2060. The molecule has 3 aromatic carbocycles. The molecule has 12 N–H and O–H groups in total. The lowest BCUT2D eigenvalue weighted by molar-refractivity contribution is -0.146. The fraction of sp³-hybridized carbons (Fsp3) is 0.429. The van der Waals surface area contributed by atoms with Crippen LogP contribution in [0.5, 0.6) is 11.5 Å². The Balaban J connectivity index is 1.41. The number of phenolic OH excluding ortho intramolecular Hbond substituents is 2. The average molecular weight is 865 g/mol. The molecule has 0 aromatic heterocycles. The standard InChI is InChI=1S/C42H52N6O14/c1-21-18-48(33(34(21)53)37(43)56)41(60)31(22(2)49)45-39(58)32(36(55)35(54)25-10-14-27(51)15-11-25)46-38(57)30-17-28(52)19-47(30)40(59)29(16-23-8-12-26(50)13-9-23)44-42(61)62-20-24-6-4-3-5-7-24/h3-15,21-22,28-36,49-55H,16-20H2,1-2H3,(H2,43,56)(H,44,61)(H,45,58)(H,46,57)/t21-,22?,28+,29-,30-,31-,32-,33-,34-,35-,36-/m0/s1. The minimum atomic E-state index is -2.21. The zero-order chi connectivity index (χ0) is 45.4. The molecule has 3 aromatic rings. The molecule has 0 aliphatic carbocycles. The number of primary amides is 1. The number of nitrogens with two attached hydrogens (primary N) is 1. The lowest BCUT2D eigenvalue weighted by Gasteiger charge is -2.33. The Morgan fingerprint density at radius 1 is 0.774 bits per heavy atom. The number of nitrogens with zero attached hydrogens (tertiary/aromatic N) is 2. The highest BCUT2D eigenvalue weighted by molar-refractivity contribution is 5.97. The number of hydrogen-bond acceptors (Lipinski definition) is 14. The van der Waals surface area contributed by atoms with Crippen LogP contribution in [-0.4, -0.2) is 149 Å². The minimum Gasteiger partial charge on any atom is -0.508 e. The summed E-state index contributed by atoms with van der Waals surface area (Å²) < 4.78 is 5.34. The smallest absolute Gasteiger partial charge is 0.408 e. The van der Waals surface area contributed by atoms with Crippen LogP contribution in [0.25, 0.3) is 0 Å². The van der Waals surface area contributed by atoms with E-state index in [1.54, 1.807) is 37.3 Å². The highest BCUT2D eigenvalue weighted by atomic mass is 16.5. The van der Waals surface area contributed by atoms with Crippen LogP contribution in [0, 0.1) is 5.92 Å². The van der Waals surface area contributed by atoms with E-state index in [0.717, 1.165) is 16.7 Å². The molecule has 2 aliphatic heterocycles. The van der Waals surface area contributed by atoms with E-state index in [-0.39, 0.29) is 43.1 Å². The van der Waals surface area contributed by atoms with Gasteiger partial charge in [-0.05, 0) is 47.9 Å². The summed E-state index contributed by atoms with van der Waals surface area (Å²) in [5.41, 5.74) is 6.59. The Kier molecular flexibility index (Phi) is 15.5. The maximum Gasteiger partial charge on any atom is 0.408 e.